The van der Waals surface area contributed by atoms with E-state index in [4.69, 9.17) is 4.74 Å². The number of carbonyl (C=O) groups excluding carboxylic acids is 1. The molecule has 1 amide bonds. The number of aromatic nitrogens is 1. The van der Waals surface area contributed by atoms with Crippen LogP contribution in [0.2, 0.25) is 0 Å². The maximum Gasteiger partial charge on any atom is 0.271 e. The number of hydrazone groups is 1. The van der Waals surface area contributed by atoms with Crippen LogP contribution in [0.25, 0.3) is 0 Å². The van der Waals surface area contributed by atoms with Crippen molar-refractivity contribution in [3.8, 4) is 5.75 Å². The van der Waals surface area contributed by atoms with E-state index in [0.29, 0.717) is 17.9 Å². The number of ether oxygens (including phenoxy) is 1. The van der Waals surface area contributed by atoms with E-state index in [9.17, 15) is 4.79 Å². The fourth-order valence-corrected chi connectivity index (χ4v) is 2.27. The fraction of sp³-hybridized carbons (Fsp3) is 0.0952. The Labute approximate surface area is 152 Å². The number of rotatable bonds is 6. The molecule has 26 heavy (non-hydrogen) atoms. The van der Waals surface area contributed by atoms with Gasteiger partial charge in [0.25, 0.3) is 5.91 Å². The summed E-state index contributed by atoms with van der Waals surface area (Å²) in [5.74, 6) is 0.546. The topological polar surface area (TPSA) is 63.6 Å². The molecule has 3 aromatic rings. The third kappa shape index (κ3) is 4.77. The van der Waals surface area contributed by atoms with Gasteiger partial charge in [-0.3, -0.25) is 9.78 Å². The summed E-state index contributed by atoms with van der Waals surface area (Å²) in [6.07, 6.45) is 1.69. The molecule has 0 saturated carbocycles. The minimum absolute atomic E-state index is 0.268. The molecule has 0 radical (unpaired) electrons. The number of para-hydroxylation sites is 1. The number of carbonyl (C=O) groups is 1. The number of hydrogen-bond acceptors (Lipinski definition) is 4. The zero-order chi connectivity index (χ0) is 18.2. The molecule has 130 valence electrons. The molecular weight excluding hydrogens is 326 g/mol. The first-order chi connectivity index (χ1) is 12.7. The van der Waals surface area contributed by atoms with Crippen LogP contribution in [0.15, 0.2) is 84.1 Å². The van der Waals surface area contributed by atoms with Gasteiger partial charge in [0.1, 0.15) is 12.4 Å². The van der Waals surface area contributed by atoms with Crippen LogP contribution in [0.5, 0.6) is 5.75 Å². The average Bonchev–Trinajstić information content (AvgIpc) is 2.72. The molecule has 0 aliphatic heterocycles. The van der Waals surface area contributed by atoms with Gasteiger partial charge in [-0.25, -0.2) is 5.43 Å². The molecule has 0 aliphatic rings. The van der Waals surface area contributed by atoms with E-state index in [-0.39, 0.29) is 5.91 Å². The van der Waals surface area contributed by atoms with Gasteiger partial charge in [-0.2, -0.15) is 5.10 Å². The van der Waals surface area contributed by atoms with Crippen molar-refractivity contribution in [2.24, 2.45) is 5.10 Å². The van der Waals surface area contributed by atoms with Crippen molar-refractivity contribution in [1.29, 1.82) is 0 Å². The molecule has 0 spiro atoms. The van der Waals surface area contributed by atoms with E-state index in [1.54, 1.807) is 25.3 Å². The van der Waals surface area contributed by atoms with Gasteiger partial charge in [-0.15, -0.1) is 0 Å². The Kier molecular flexibility index (Phi) is 5.72. The minimum atomic E-state index is -0.268. The first kappa shape index (κ1) is 17.4. The Hall–Kier alpha value is -3.47. The Morgan fingerprint density at radius 2 is 1.73 bits per heavy atom. The normalized spacial score (nSPS) is 11.0. The largest absolute Gasteiger partial charge is 0.489 e. The van der Waals surface area contributed by atoms with E-state index in [1.807, 2.05) is 60.7 Å². The maximum absolute atomic E-state index is 12.2. The summed E-state index contributed by atoms with van der Waals surface area (Å²) in [6.45, 7) is 2.25. The molecule has 5 nitrogen and oxygen atoms in total. The maximum atomic E-state index is 12.2. The number of benzene rings is 2. The van der Waals surface area contributed by atoms with Crippen LogP contribution in [-0.4, -0.2) is 16.6 Å². The molecule has 0 atom stereocenters. The van der Waals surface area contributed by atoms with Crippen molar-refractivity contribution in [2.75, 3.05) is 0 Å². The molecule has 3 rings (SSSR count). The van der Waals surface area contributed by atoms with Crippen LogP contribution >= 0.6 is 0 Å². The first-order valence-electron chi connectivity index (χ1n) is 8.25. The first-order valence-corrected chi connectivity index (χ1v) is 8.25. The minimum Gasteiger partial charge on any atom is -0.489 e. The Morgan fingerprint density at radius 3 is 2.42 bits per heavy atom. The van der Waals surface area contributed by atoms with Crippen molar-refractivity contribution < 1.29 is 9.53 Å². The molecule has 0 unspecified atom stereocenters. The Morgan fingerprint density at radius 1 is 1.00 bits per heavy atom. The lowest BCUT2D eigenvalue weighted by molar-refractivity contribution is 0.0955. The fourth-order valence-electron chi connectivity index (χ4n) is 2.27. The monoisotopic (exact) mass is 345 g/mol. The van der Waals surface area contributed by atoms with Gasteiger partial charge in [0.15, 0.2) is 0 Å². The smallest absolute Gasteiger partial charge is 0.271 e. The van der Waals surface area contributed by atoms with Gasteiger partial charge in [-0.05, 0) is 48.9 Å². The number of pyridine rings is 1. The van der Waals surface area contributed by atoms with E-state index in [1.165, 1.54) is 0 Å². The van der Waals surface area contributed by atoms with Crippen LogP contribution in [-0.2, 0) is 6.61 Å². The SMILES string of the molecule is CC(=NNC(=O)c1ccc(COc2ccccc2)cc1)c1ccccn1. The summed E-state index contributed by atoms with van der Waals surface area (Å²) in [5, 5.41) is 4.10. The van der Waals surface area contributed by atoms with Crippen LogP contribution in [0, 0.1) is 0 Å². The van der Waals surface area contributed by atoms with Crippen LogP contribution in [0.4, 0.5) is 0 Å². The van der Waals surface area contributed by atoms with Crippen molar-refractivity contribution >= 4 is 11.6 Å². The predicted molar refractivity (Wildman–Crippen MR) is 101 cm³/mol. The lowest BCUT2D eigenvalue weighted by Gasteiger charge is -2.07. The van der Waals surface area contributed by atoms with Crippen molar-refractivity contribution in [3.05, 3.63) is 95.8 Å². The van der Waals surface area contributed by atoms with Crippen LogP contribution < -0.4 is 10.2 Å². The van der Waals surface area contributed by atoms with Gasteiger partial charge >= 0.3 is 0 Å². The van der Waals surface area contributed by atoms with Gasteiger partial charge in [-0.1, -0.05) is 36.4 Å². The van der Waals surface area contributed by atoms with Gasteiger partial charge in [0, 0.05) is 11.8 Å². The highest BCUT2D eigenvalue weighted by Crippen LogP contribution is 2.12. The van der Waals surface area contributed by atoms with Crippen molar-refractivity contribution in [2.45, 2.75) is 13.5 Å². The quantitative estimate of drug-likeness (QED) is 0.546. The zero-order valence-corrected chi connectivity index (χ0v) is 14.4. The molecule has 0 aliphatic carbocycles. The lowest BCUT2D eigenvalue weighted by atomic mass is 10.1. The van der Waals surface area contributed by atoms with Crippen LogP contribution in [0.1, 0.15) is 28.5 Å². The van der Waals surface area contributed by atoms with E-state index >= 15 is 0 Å². The van der Waals surface area contributed by atoms with Gasteiger partial charge < -0.3 is 4.74 Å². The number of nitrogens with zero attached hydrogens (tertiary/aromatic N) is 2. The molecule has 2 aromatic carbocycles. The van der Waals surface area contributed by atoms with Gasteiger partial charge in [0.05, 0.1) is 11.4 Å². The number of amides is 1. The van der Waals surface area contributed by atoms with Crippen molar-refractivity contribution in [3.63, 3.8) is 0 Å². The van der Waals surface area contributed by atoms with E-state index < -0.39 is 0 Å². The number of nitrogens with one attached hydrogen (secondary N) is 1. The van der Waals surface area contributed by atoms with Crippen molar-refractivity contribution in [1.82, 2.24) is 10.4 Å². The third-order valence-electron chi connectivity index (χ3n) is 3.73. The molecular formula is C21H19N3O2. The summed E-state index contributed by atoms with van der Waals surface area (Å²) in [7, 11) is 0. The Balaban J connectivity index is 1.57. The average molecular weight is 345 g/mol. The second kappa shape index (κ2) is 8.58. The summed E-state index contributed by atoms with van der Waals surface area (Å²) in [5.41, 5.74) is 5.44. The summed E-state index contributed by atoms with van der Waals surface area (Å²) >= 11 is 0. The summed E-state index contributed by atoms with van der Waals surface area (Å²) in [6, 6.07) is 22.4. The van der Waals surface area contributed by atoms with Gasteiger partial charge in [0.2, 0.25) is 0 Å². The van der Waals surface area contributed by atoms with E-state index in [2.05, 4.69) is 15.5 Å². The molecule has 0 bridgehead atoms. The second-order valence-corrected chi connectivity index (χ2v) is 5.65. The molecule has 5 heteroatoms. The zero-order valence-electron chi connectivity index (χ0n) is 14.4. The second-order valence-electron chi connectivity index (χ2n) is 5.65. The van der Waals surface area contributed by atoms with E-state index in [0.717, 1.165) is 17.0 Å². The third-order valence-corrected chi connectivity index (χ3v) is 3.73. The molecule has 0 fully saturated rings. The highest BCUT2D eigenvalue weighted by atomic mass is 16.5. The predicted octanol–water partition coefficient (Wildman–Crippen LogP) is 3.81. The van der Waals surface area contributed by atoms with Crippen LogP contribution in [0.3, 0.4) is 0 Å². The molecule has 0 saturated heterocycles. The lowest BCUT2D eigenvalue weighted by Crippen LogP contribution is -2.19. The number of hydrogen-bond donors (Lipinski definition) is 1. The highest BCUT2D eigenvalue weighted by molar-refractivity contribution is 5.99. The summed E-state index contributed by atoms with van der Waals surface area (Å²) < 4.78 is 5.69. The molecule has 1 N–H and O–H groups in total. The Bertz CT molecular complexity index is 876. The molecule has 1 heterocycles. The molecule has 1 aromatic heterocycles. The summed E-state index contributed by atoms with van der Waals surface area (Å²) in [4.78, 5) is 16.4. The highest BCUT2D eigenvalue weighted by Gasteiger charge is 2.06. The standard InChI is InChI=1S/C21H19N3O2/c1-16(20-9-5-6-14-22-20)23-24-21(25)18-12-10-17(11-13-18)15-26-19-7-3-2-4-8-19/h2-14H,15H2,1H3,(H,24,25).